The topological polar surface area (TPSA) is 55.1 Å². The molecule has 3 nitrogen and oxygen atoms in total. The molecule has 0 saturated carbocycles. The standard InChI is InChI=1S/C14H22N2OS/c1-4-12(5-2)16-14(17)9-18-13-8-11(15)7-6-10(13)3/h6-8,12H,4-5,9,15H2,1-3H3,(H,16,17). The van der Waals surface area contributed by atoms with E-state index in [1.54, 1.807) is 11.8 Å². The number of nitrogens with two attached hydrogens (primary N) is 1. The van der Waals surface area contributed by atoms with Crippen LogP contribution < -0.4 is 11.1 Å². The molecule has 0 aliphatic carbocycles. The molecule has 1 rings (SSSR count). The van der Waals surface area contributed by atoms with Crippen LogP contribution in [-0.2, 0) is 4.79 Å². The van der Waals surface area contributed by atoms with Crippen LogP contribution in [0.2, 0.25) is 0 Å². The van der Waals surface area contributed by atoms with Crippen LogP contribution in [0.25, 0.3) is 0 Å². The number of aryl methyl sites for hydroxylation is 1. The van der Waals surface area contributed by atoms with Gasteiger partial charge in [-0.1, -0.05) is 19.9 Å². The SMILES string of the molecule is CCC(CC)NC(=O)CSc1cc(N)ccc1C. The summed E-state index contributed by atoms with van der Waals surface area (Å²) < 4.78 is 0. The average molecular weight is 266 g/mol. The number of carbonyl (C=O) groups is 1. The summed E-state index contributed by atoms with van der Waals surface area (Å²) in [5.74, 6) is 0.538. The second-order valence-corrected chi connectivity index (χ2v) is 5.41. The number of benzene rings is 1. The minimum Gasteiger partial charge on any atom is -0.399 e. The second kappa shape index (κ2) is 7.31. The third-order valence-corrected chi connectivity index (χ3v) is 4.08. The fraction of sp³-hybridized carbons (Fsp3) is 0.500. The van der Waals surface area contributed by atoms with Crippen molar-refractivity contribution in [1.82, 2.24) is 5.32 Å². The summed E-state index contributed by atoms with van der Waals surface area (Å²) in [7, 11) is 0. The van der Waals surface area contributed by atoms with Crippen LogP contribution in [0.15, 0.2) is 23.1 Å². The van der Waals surface area contributed by atoms with Crippen LogP contribution in [0, 0.1) is 6.92 Å². The first-order valence-corrected chi connectivity index (χ1v) is 7.33. The number of thioether (sulfide) groups is 1. The highest BCUT2D eigenvalue weighted by Crippen LogP contribution is 2.24. The first kappa shape index (κ1) is 14.9. The zero-order valence-electron chi connectivity index (χ0n) is 11.3. The van der Waals surface area contributed by atoms with E-state index in [1.165, 1.54) is 0 Å². The molecule has 0 bridgehead atoms. The maximum absolute atomic E-state index is 11.8. The maximum Gasteiger partial charge on any atom is 0.230 e. The van der Waals surface area contributed by atoms with E-state index < -0.39 is 0 Å². The highest BCUT2D eigenvalue weighted by Gasteiger charge is 2.09. The summed E-state index contributed by atoms with van der Waals surface area (Å²) in [5, 5.41) is 3.03. The van der Waals surface area contributed by atoms with Crippen LogP contribution >= 0.6 is 11.8 Å². The Kier molecular flexibility index (Phi) is 6.05. The molecule has 0 unspecified atom stereocenters. The molecule has 1 amide bonds. The van der Waals surface area contributed by atoms with E-state index in [9.17, 15) is 4.79 Å². The van der Waals surface area contributed by atoms with Crippen LogP contribution in [0.5, 0.6) is 0 Å². The molecule has 1 aromatic rings. The van der Waals surface area contributed by atoms with Crippen molar-refractivity contribution in [2.45, 2.75) is 44.6 Å². The molecule has 100 valence electrons. The number of rotatable bonds is 6. The van der Waals surface area contributed by atoms with E-state index >= 15 is 0 Å². The van der Waals surface area contributed by atoms with E-state index in [0.717, 1.165) is 29.0 Å². The summed E-state index contributed by atoms with van der Waals surface area (Å²) in [6, 6.07) is 6.07. The van der Waals surface area contributed by atoms with Crippen molar-refractivity contribution in [3.05, 3.63) is 23.8 Å². The van der Waals surface area contributed by atoms with Gasteiger partial charge in [-0.15, -0.1) is 11.8 Å². The number of hydrogen-bond acceptors (Lipinski definition) is 3. The number of carbonyl (C=O) groups excluding carboxylic acids is 1. The predicted molar refractivity (Wildman–Crippen MR) is 78.8 cm³/mol. The van der Waals surface area contributed by atoms with Gasteiger partial charge in [-0.05, 0) is 37.5 Å². The monoisotopic (exact) mass is 266 g/mol. The van der Waals surface area contributed by atoms with E-state index in [4.69, 9.17) is 5.73 Å². The molecule has 0 saturated heterocycles. The Balaban J connectivity index is 2.49. The van der Waals surface area contributed by atoms with Crippen molar-refractivity contribution in [3.63, 3.8) is 0 Å². The number of hydrogen-bond donors (Lipinski definition) is 2. The summed E-state index contributed by atoms with van der Waals surface area (Å²) >= 11 is 1.54. The molecule has 4 heteroatoms. The zero-order valence-corrected chi connectivity index (χ0v) is 12.1. The van der Waals surface area contributed by atoms with Crippen molar-refractivity contribution in [1.29, 1.82) is 0 Å². The molecule has 0 aliphatic rings. The largest absolute Gasteiger partial charge is 0.399 e. The van der Waals surface area contributed by atoms with E-state index in [0.29, 0.717) is 11.8 Å². The fourth-order valence-electron chi connectivity index (χ4n) is 1.68. The van der Waals surface area contributed by atoms with E-state index in [1.807, 2.05) is 25.1 Å². The Labute approximate surface area is 114 Å². The highest BCUT2D eigenvalue weighted by molar-refractivity contribution is 8.00. The van der Waals surface area contributed by atoms with Gasteiger partial charge in [0.2, 0.25) is 5.91 Å². The van der Waals surface area contributed by atoms with Gasteiger partial charge in [0.25, 0.3) is 0 Å². The normalized spacial score (nSPS) is 10.7. The van der Waals surface area contributed by atoms with Crippen LogP contribution in [0.4, 0.5) is 5.69 Å². The van der Waals surface area contributed by atoms with Crippen molar-refractivity contribution in [3.8, 4) is 0 Å². The first-order chi connectivity index (χ1) is 8.56. The van der Waals surface area contributed by atoms with Gasteiger partial charge >= 0.3 is 0 Å². The molecule has 0 fully saturated rings. The first-order valence-electron chi connectivity index (χ1n) is 6.35. The van der Waals surface area contributed by atoms with E-state index in [-0.39, 0.29) is 5.91 Å². The molecule has 0 atom stereocenters. The van der Waals surface area contributed by atoms with Gasteiger partial charge < -0.3 is 11.1 Å². The smallest absolute Gasteiger partial charge is 0.230 e. The van der Waals surface area contributed by atoms with E-state index in [2.05, 4.69) is 19.2 Å². The lowest BCUT2D eigenvalue weighted by atomic mass is 10.2. The second-order valence-electron chi connectivity index (χ2n) is 4.39. The van der Waals surface area contributed by atoms with Crippen molar-refractivity contribution < 1.29 is 4.79 Å². The molecule has 1 aromatic carbocycles. The number of nitrogens with one attached hydrogen (secondary N) is 1. The molecule has 18 heavy (non-hydrogen) atoms. The third-order valence-electron chi connectivity index (χ3n) is 2.92. The Bertz CT molecular complexity index is 403. The Hall–Kier alpha value is -1.16. The average Bonchev–Trinajstić information content (AvgIpc) is 2.37. The molecular formula is C14H22N2OS. The number of anilines is 1. The molecule has 0 radical (unpaired) electrons. The number of nitrogen functional groups attached to an aromatic ring is 1. The third kappa shape index (κ3) is 4.61. The van der Waals surface area contributed by atoms with Crippen molar-refractivity contribution in [2.75, 3.05) is 11.5 Å². The van der Waals surface area contributed by atoms with Gasteiger partial charge in [-0.25, -0.2) is 0 Å². The summed E-state index contributed by atoms with van der Waals surface area (Å²) in [4.78, 5) is 12.9. The lowest BCUT2D eigenvalue weighted by Gasteiger charge is -2.14. The molecule has 0 aliphatic heterocycles. The minimum absolute atomic E-state index is 0.0931. The zero-order chi connectivity index (χ0) is 13.5. The van der Waals surface area contributed by atoms with Gasteiger partial charge in [-0.3, -0.25) is 4.79 Å². The lowest BCUT2D eigenvalue weighted by molar-refractivity contribution is -0.119. The summed E-state index contributed by atoms with van der Waals surface area (Å²) in [6.45, 7) is 6.20. The summed E-state index contributed by atoms with van der Waals surface area (Å²) in [5.41, 5.74) is 7.64. The fourth-order valence-corrected chi connectivity index (χ4v) is 2.56. The Morgan fingerprint density at radius 3 is 2.67 bits per heavy atom. The van der Waals surface area contributed by atoms with Crippen molar-refractivity contribution >= 4 is 23.4 Å². The van der Waals surface area contributed by atoms with Gasteiger partial charge in [-0.2, -0.15) is 0 Å². The molecule has 0 spiro atoms. The van der Waals surface area contributed by atoms with Crippen molar-refractivity contribution in [2.24, 2.45) is 0 Å². The van der Waals surface area contributed by atoms with Gasteiger partial charge in [0.05, 0.1) is 5.75 Å². The minimum atomic E-state index is 0.0931. The molecule has 0 aromatic heterocycles. The van der Waals surface area contributed by atoms with Crippen LogP contribution in [0.3, 0.4) is 0 Å². The Morgan fingerprint density at radius 1 is 1.39 bits per heavy atom. The maximum atomic E-state index is 11.8. The highest BCUT2D eigenvalue weighted by atomic mass is 32.2. The van der Waals surface area contributed by atoms with Gasteiger partial charge in [0.1, 0.15) is 0 Å². The number of amides is 1. The molecular weight excluding hydrogens is 244 g/mol. The lowest BCUT2D eigenvalue weighted by Crippen LogP contribution is -2.35. The summed E-state index contributed by atoms with van der Waals surface area (Å²) in [6.07, 6.45) is 1.95. The Morgan fingerprint density at radius 2 is 2.06 bits per heavy atom. The quantitative estimate of drug-likeness (QED) is 0.615. The van der Waals surface area contributed by atoms with Gasteiger partial charge in [0.15, 0.2) is 0 Å². The molecule has 0 heterocycles. The molecule has 3 N–H and O–H groups in total. The van der Waals surface area contributed by atoms with Crippen LogP contribution in [-0.4, -0.2) is 17.7 Å². The van der Waals surface area contributed by atoms with Crippen LogP contribution in [0.1, 0.15) is 32.3 Å². The predicted octanol–water partition coefficient (Wildman–Crippen LogP) is 2.97. The van der Waals surface area contributed by atoms with Gasteiger partial charge in [0, 0.05) is 16.6 Å².